The molecule has 8 nitrogen and oxygen atoms in total. The smallest absolute Gasteiger partial charge is 0.0780 e. The third kappa shape index (κ3) is 13.4. The van der Waals surface area contributed by atoms with Crippen LogP contribution >= 0.6 is 0 Å². The lowest BCUT2D eigenvalue weighted by Gasteiger charge is -2.34. The Kier molecular flexibility index (Phi) is 19.1. The van der Waals surface area contributed by atoms with E-state index in [9.17, 15) is 0 Å². The number of methoxy groups -OCH3 is 2. The highest BCUT2D eigenvalue weighted by Gasteiger charge is 2.45. The molecule has 0 spiro atoms. The number of nitrogens with zero attached hydrogens (tertiary/aromatic N) is 2. The van der Waals surface area contributed by atoms with Gasteiger partial charge < -0.3 is 37.4 Å². The fraction of sp³-hybridized carbons (Fsp3) is 0.586. The summed E-state index contributed by atoms with van der Waals surface area (Å²) in [6.07, 6.45) is 11.6. The number of hydrogen-bond acceptors (Lipinski definition) is 6. The van der Waals surface area contributed by atoms with Crippen molar-refractivity contribution < 1.29 is 37.4 Å². The van der Waals surface area contributed by atoms with Gasteiger partial charge >= 0.3 is 0 Å². The Labute approximate surface area is 400 Å². The number of rotatable bonds is 31. The summed E-state index contributed by atoms with van der Waals surface area (Å²) in [6.45, 7) is 12.7. The van der Waals surface area contributed by atoms with E-state index in [2.05, 4.69) is 129 Å². The number of unbranched alkanes of at least 4 members (excludes halogenated alkanes) is 4. The Morgan fingerprint density at radius 1 is 0.364 bits per heavy atom. The topological polar surface area (TPSA) is 55.4 Å². The second kappa shape index (κ2) is 24.2. The van der Waals surface area contributed by atoms with E-state index in [0.717, 1.165) is 21.8 Å². The van der Waals surface area contributed by atoms with Crippen LogP contribution in [0, 0.1) is 13.8 Å². The van der Waals surface area contributed by atoms with E-state index >= 15 is 0 Å². The van der Waals surface area contributed by atoms with Gasteiger partial charge in [0, 0.05) is 38.3 Å². The van der Waals surface area contributed by atoms with E-state index in [-0.39, 0.29) is 10.8 Å². The minimum absolute atomic E-state index is 0.0106. The molecule has 66 heavy (non-hydrogen) atoms. The van der Waals surface area contributed by atoms with Crippen molar-refractivity contribution in [3.8, 4) is 33.4 Å². The lowest BCUT2D eigenvalue weighted by Crippen LogP contribution is -2.35. The zero-order valence-electron chi connectivity index (χ0n) is 42.8. The van der Waals surface area contributed by atoms with Crippen molar-refractivity contribution in [3.63, 3.8) is 0 Å². The first-order valence-electron chi connectivity index (χ1n) is 25.1. The van der Waals surface area contributed by atoms with E-state index in [1.165, 1.54) is 126 Å². The molecular formula is C58H86N2O6+2. The van der Waals surface area contributed by atoms with Crippen LogP contribution in [0.15, 0.2) is 72.8 Å². The summed E-state index contributed by atoms with van der Waals surface area (Å²) >= 11 is 0. The molecule has 8 heteroatoms. The molecule has 0 aliphatic heterocycles. The van der Waals surface area contributed by atoms with Gasteiger partial charge in [-0.25, -0.2) is 0 Å². The van der Waals surface area contributed by atoms with Gasteiger partial charge in [-0.3, -0.25) is 0 Å². The first-order valence-corrected chi connectivity index (χ1v) is 25.1. The van der Waals surface area contributed by atoms with Gasteiger partial charge in [-0.1, -0.05) is 84.6 Å². The van der Waals surface area contributed by atoms with Gasteiger partial charge in [-0.2, -0.15) is 0 Å². The maximum Gasteiger partial charge on any atom is 0.0780 e. The van der Waals surface area contributed by atoms with E-state index in [1.807, 2.05) is 0 Å². The first-order chi connectivity index (χ1) is 31.7. The predicted octanol–water partition coefficient (Wildman–Crippen LogP) is 11.2. The van der Waals surface area contributed by atoms with E-state index < -0.39 is 0 Å². The molecule has 0 radical (unpaired) electrons. The highest BCUT2D eigenvalue weighted by Crippen LogP contribution is 2.57. The van der Waals surface area contributed by atoms with E-state index in [1.54, 1.807) is 19.8 Å². The maximum absolute atomic E-state index is 6.36. The largest absolute Gasteiger partial charge is 0.382 e. The van der Waals surface area contributed by atoms with Crippen molar-refractivity contribution in [1.82, 2.24) is 0 Å². The normalized spacial score (nSPS) is 14.6. The molecule has 4 aromatic rings. The lowest BCUT2D eigenvalue weighted by atomic mass is 9.70. The molecule has 0 bridgehead atoms. The fourth-order valence-corrected chi connectivity index (χ4v) is 10.7. The molecule has 0 fully saturated rings. The highest BCUT2D eigenvalue weighted by molar-refractivity contribution is 5.87. The second-order valence-electron chi connectivity index (χ2n) is 21.4. The molecule has 2 aliphatic carbocycles. The summed E-state index contributed by atoms with van der Waals surface area (Å²) in [7, 11) is 17.3. The summed E-state index contributed by atoms with van der Waals surface area (Å²) in [5.41, 5.74) is 16.3. The van der Waals surface area contributed by atoms with Crippen LogP contribution in [0.25, 0.3) is 33.4 Å². The van der Waals surface area contributed by atoms with Crippen LogP contribution < -0.4 is 0 Å². The molecule has 0 unspecified atom stereocenters. The van der Waals surface area contributed by atoms with Crippen LogP contribution in [0.5, 0.6) is 0 Å². The number of quaternary nitrogens is 2. The third-order valence-electron chi connectivity index (χ3n) is 14.2. The van der Waals surface area contributed by atoms with Gasteiger partial charge in [-0.15, -0.1) is 0 Å². The van der Waals surface area contributed by atoms with Crippen molar-refractivity contribution in [3.05, 3.63) is 106 Å². The van der Waals surface area contributed by atoms with Gasteiger partial charge in [0.15, 0.2) is 0 Å². The molecule has 0 amide bonds. The number of fused-ring (bicyclic) bond motifs is 6. The molecule has 2 aliphatic rings. The van der Waals surface area contributed by atoms with Crippen LogP contribution in [0.2, 0.25) is 0 Å². The molecule has 0 aromatic heterocycles. The number of ether oxygens (including phenoxy) is 6. The molecule has 362 valence electrons. The van der Waals surface area contributed by atoms with Crippen molar-refractivity contribution in [2.24, 2.45) is 0 Å². The van der Waals surface area contributed by atoms with Gasteiger partial charge in [0.2, 0.25) is 0 Å². The van der Waals surface area contributed by atoms with Crippen molar-refractivity contribution in [1.29, 1.82) is 0 Å². The molecule has 0 N–H and O–H groups in total. The summed E-state index contributed by atoms with van der Waals surface area (Å²) < 4.78 is 36.6. The highest BCUT2D eigenvalue weighted by atomic mass is 16.5. The third-order valence-corrected chi connectivity index (χ3v) is 14.2. The van der Waals surface area contributed by atoms with E-state index in [0.29, 0.717) is 66.1 Å². The number of hydrogen-bond donors (Lipinski definition) is 0. The second-order valence-corrected chi connectivity index (χ2v) is 21.4. The Morgan fingerprint density at radius 2 is 0.697 bits per heavy atom. The Bertz CT molecular complexity index is 2090. The quantitative estimate of drug-likeness (QED) is 0.0370. The summed E-state index contributed by atoms with van der Waals surface area (Å²) in [4.78, 5) is 0. The zero-order valence-corrected chi connectivity index (χ0v) is 42.8. The Morgan fingerprint density at radius 3 is 1.08 bits per heavy atom. The Hall–Kier alpha value is -3.44. The Balaban J connectivity index is 1.37. The average molecular weight is 907 g/mol. The lowest BCUT2D eigenvalue weighted by molar-refractivity contribution is -0.870. The molecule has 0 saturated carbocycles. The molecule has 0 heterocycles. The minimum Gasteiger partial charge on any atom is -0.382 e. The van der Waals surface area contributed by atoms with Gasteiger partial charge in [-0.05, 0) is 133 Å². The molecule has 4 aromatic carbocycles. The average Bonchev–Trinajstić information content (AvgIpc) is 3.69. The van der Waals surface area contributed by atoms with Gasteiger partial charge in [0.05, 0.1) is 108 Å². The predicted molar refractivity (Wildman–Crippen MR) is 273 cm³/mol. The van der Waals surface area contributed by atoms with E-state index in [4.69, 9.17) is 28.4 Å². The summed E-state index contributed by atoms with van der Waals surface area (Å²) in [5.74, 6) is 0. The monoisotopic (exact) mass is 907 g/mol. The van der Waals surface area contributed by atoms with Crippen LogP contribution in [0.4, 0.5) is 0 Å². The summed E-state index contributed by atoms with van der Waals surface area (Å²) in [5, 5.41) is 0. The molecule has 0 saturated heterocycles. The van der Waals surface area contributed by atoms with Crippen LogP contribution in [-0.4, -0.2) is 145 Å². The molecular weight excluding hydrogens is 821 g/mol. The SMILES string of the molecule is COCCOCCOCCC1(CCOCCOCCOC)c2cc(C)ccc2-c2ccc(-c3ccc4c(c3)C(CCCCC[N+](C)(C)C)(CCCCC[N+](C)(C)C)c3cc(C)ccc3-4)cc21. The fourth-order valence-electron chi connectivity index (χ4n) is 10.7. The summed E-state index contributed by atoms with van der Waals surface area (Å²) in [6, 6.07) is 29.1. The van der Waals surface area contributed by atoms with Crippen LogP contribution in [-0.2, 0) is 39.3 Å². The van der Waals surface area contributed by atoms with Crippen LogP contribution in [0.3, 0.4) is 0 Å². The van der Waals surface area contributed by atoms with Crippen molar-refractivity contribution in [2.75, 3.05) is 136 Å². The van der Waals surface area contributed by atoms with Gasteiger partial charge in [0.25, 0.3) is 0 Å². The van der Waals surface area contributed by atoms with Crippen molar-refractivity contribution >= 4 is 0 Å². The number of benzene rings is 4. The zero-order chi connectivity index (χ0) is 47.2. The van der Waals surface area contributed by atoms with Crippen LogP contribution in [0.1, 0.15) is 97.6 Å². The van der Waals surface area contributed by atoms with Gasteiger partial charge in [0.1, 0.15) is 0 Å². The first kappa shape index (κ1) is 51.9. The standard InChI is InChI=1S/C58H86N2O6/c1-45-17-21-49-51-23-19-47(43-55(51)57(53(49)41-45,25-13-11-15-29-59(3,4)5)26-14-12-16-30-60(6,7)8)48-20-24-52-50-22-18-46(2)42-54(50)58(56(52)44-48,27-31-63-37-39-65-35-33-61-9)28-32-64-38-40-66-36-34-62-10/h17-24,41-44H,11-16,25-40H2,1-10H3/q+2. The van der Waals surface area contributed by atoms with Crippen molar-refractivity contribution in [2.45, 2.75) is 88.9 Å². The molecule has 0 atom stereocenters. The minimum atomic E-state index is -0.285. The maximum atomic E-state index is 6.36. The number of aryl methyl sites for hydroxylation is 2. The molecule has 6 rings (SSSR count).